The van der Waals surface area contributed by atoms with E-state index >= 15 is 0 Å². The number of benzene rings is 1. The number of thioether (sulfide) groups is 1. The van der Waals surface area contributed by atoms with Crippen LogP contribution in [0.3, 0.4) is 0 Å². The minimum atomic E-state index is -0.425. The van der Waals surface area contributed by atoms with Gasteiger partial charge in [0.25, 0.3) is 0 Å². The largest absolute Gasteiger partial charge is 0.444 e. The molecular weight excluding hydrogens is 446 g/mol. The van der Waals surface area contributed by atoms with Crippen molar-refractivity contribution >= 4 is 50.4 Å². The highest BCUT2D eigenvalue weighted by Gasteiger charge is 2.38. The van der Waals surface area contributed by atoms with Crippen LogP contribution in [0, 0.1) is 18.3 Å². The van der Waals surface area contributed by atoms with Gasteiger partial charge in [0.05, 0.1) is 16.1 Å². The fraction of sp³-hybridized carbons (Fsp3) is 0.261. The number of ketones is 1. The normalized spacial score (nSPS) is 18.8. The fourth-order valence-corrected chi connectivity index (χ4v) is 7.41. The molecule has 1 aliphatic carbocycles. The smallest absolute Gasteiger partial charge is 0.205 e. The lowest BCUT2D eigenvalue weighted by Crippen LogP contribution is -2.27. The molecule has 1 aromatic carbocycles. The Balaban J connectivity index is 1.45. The first-order chi connectivity index (χ1) is 15.0. The van der Waals surface area contributed by atoms with Gasteiger partial charge in [-0.3, -0.25) is 4.79 Å². The van der Waals surface area contributed by atoms with Crippen molar-refractivity contribution in [3.05, 3.63) is 68.4 Å². The molecule has 2 aromatic heterocycles. The molecule has 31 heavy (non-hydrogen) atoms. The van der Waals surface area contributed by atoms with Crippen LogP contribution in [0.15, 0.2) is 57.5 Å². The molecule has 0 spiro atoms. The Hall–Kier alpha value is -2.60. The molecule has 1 aliphatic heterocycles. The summed E-state index contributed by atoms with van der Waals surface area (Å²) >= 11 is 5.04. The van der Waals surface area contributed by atoms with Gasteiger partial charge in [0, 0.05) is 33.9 Å². The summed E-state index contributed by atoms with van der Waals surface area (Å²) < 4.78 is 7.89. The molecule has 0 amide bonds. The third kappa shape index (κ3) is 3.67. The summed E-state index contributed by atoms with van der Waals surface area (Å²) in [6, 6.07) is 12.5. The molecule has 3 aromatic rings. The van der Waals surface area contributed by atoms with E-state index in [2.05, 4.69) is 25.1 Å². The standard InChI is InChI=1S/C23H19N3O2S3/c1-12-13(11-29-23-26-15-5-2-3-8-18(15)31-23)9-19(30-12)20-14(10-24)22(25)28-17-7-4-6-16(27)21(17)20/h2-3,5,8-9,20H,4,6-7,11,25H2,1H3/t20-/m1/s1. The van der Waals surface area contributed by atoms with Gasteiger partial charge >= 0.3 is 0 Å². The minimum absolute atomic E-state index is 0.0583. The lowest BCUT2D eigenvalue weighted by Gasteiger charge is -2.30. The number of nitrogens with two attached hydrogens (primary N) is 1. The number of thiophene rings is 1. The maximum absolute atomic E-state index is 12.8. The molecule has 0 radical (unpaired) electrons. The van der Waals surface area contributed by atoms with Gasteiger partial charge in [-0.25, -0.2) is 4.98 Å². The van der Waals surface area contributed by atoms with Crippen molar-refractivity contribution in [2.75, 3.05) is 0 Å². The molecule has 0 fully saturated rings. The van der Waals surface area contributed by atoms with Gasteiger partial charge in [0.15, 0.2) is 10.1 Å². The second-order valence-electron chi connectivity index (χ2n) is 7.50. The molecule has 156 valence electrons. The van der Waals surface area contributed by atoms with E-state index in [9.17, 15) is 10.1 Å². The van der Waals surface area contributed by atoms with Crippen LogP contribution in [0.25, 0.3) is 10.2 Å². The Morgan fingerprint density at radius 2 is 2.16 bits per heavy atom. The average molecular weight is 466 g/mol. The number of carbonyl (C=O) groups excluding carboxylic acids is 1. The molecule has 5 rings (SSSR count). The van der Waals surface area contributed by atoms with Crippen LogP contribution in [-0.2, 0) is 15.3 Å². The molecule has 8 heteroatoms. The molecule has 0 bridgehead atoms. The summed E-state index contributed by atoms with van der Waals surface area (Å²) in [6.07, 6.45) is 1.93. The minimum Gasteiger partial charge on any atom is -0.444 e. The number of Topliss-reactive ketones (excluding diaryl/α,β-unsaturated/α-hetero) is 1. The number of carbonyl (C=O) groups is 1. The van der Waals surface area contributed by atoms with E-state index in [1.807, 2.05) is 18.2 Å². The highest BCUT2D eigenvalue weighted by atomic mass is 32.2. The van der Waals surface area contributed by atoms with Gasteiger partial charge in [-0.1, -0.05) is 23.9 Å². The number of aryl methyl sites for hydroxylation is 1. The number of hydrogen-bond donors (Lipinski definition) is 1. The summed E-state index contributed by atoms with van der Waals surface area (Å²) in [5.74, 6) is 1.17. The van der Waals surface area contributed by atoms with E-state index in [0.717, 1.165) is 26.9 Å². The number of fused-ring (bicyclic) bond motifs is 1. The van der Waals surface area contributed by atoms with Gasteiger partial charge in [-0.05, 0) is 37.1 Å². The molecule has 2 aliphatic rings. The molecule has 2 N–H and O–H groups in total. The zero-order valence-electron chi connectivity index (χ0n) is 16.8. The first-order valence-corrected chi connectivity index (χ1v) is 12.6. The quantitative estimate of drug-likeness (QED) is 0.492. The molecule has 1 atom stereocenters. The van der Waals surface area contributed by atoms with E-state index in [1.54, 1.807) is 34.4 Å². The number of para-hydroxylation sites is 1. The first-order valence-electron chi connectivity index (χ1n) is 9.96. The van der Waals surface area contributed by atoms with Gasteiger partial charge < -0.3 is 10.5 Å². The number of thiazole rings is 1. The number of allylic oxidation sites excluding steroid dienone is 3. The summed E-state index contributed by atoms with van der Waals surface area (Å²) in [5, 5.41) is 9.76. The van der Waals surface area contributed by atoms with Crippen LogP contribution in [0.4, 0.5) is 0 Å². The number of nitriles is 1. The molecule has 0 unspecified atom stereocenters. The molecule has 0 saturated carbocycles. The Kier molecular flexibility index (Phi) is 5.34. The van der Waals surface area contributed by atoms with E-state index < -0.39 is 5.92 Å². The number of ether oxygens (including phenoxy) is 1. The monoisotopic (exact) mass is 465 g/mol. The number of rotatable bonds is 4. The molecular formula is C23H19N3O2S3. The van der Waals surface area contributed by atoms with Crippen molar-refractivity contribution in [2.45, 2.75) is 42.2 Å². The third-order valence-electron chi connectivity index (χ3n) is 5.55. The second-order valence-corrected chi connectivity index (χ2v) is 11.0. The van der Waals surface area contributed by atoms with Crippen LogP contribution in [-0.4, -0.2) is 10.8 Å². The maximum atomic E-state index is 12.8. The average Bonchev–Trinajstić information content (AvgIpc) is 3.34. The summed E-state index contributed by atoms with van der Waals surface area (Å²) in [5.41, 5.74) is 9.23. The van der Waals surface area contributed by atoms with E-state index in [0.29, 0.717) is 29.7 Å². The van der Waals surface area contributed by atoms with Crippen molar-refractivity contribution in [3.8, 4) is 6.07 Å². The molecule has 0 saturated heterocycles. The van der Waals surface area contributed by atoms with Gasteiger partial charge in [-0.2, -0.15) is 5.26 Å². The van der Waals surface area contributed by atoms with E-state index in [1.165, 1.54) is 15.1 Å². The Labute approximate surface area is 192 Å². The predicted molar refractivity (Wildman–Crippen MR) is 125 cm³/mol. The van der Waals surface area contributed by atoms with Gasteiger partial charge in [0.2, 0.25) is 5.88 Å². The summed E-state index contributed by atoms with van der Waals surface area (Å²) in [4.78, 5) is 19.6. The van der Waals surface area contributed by atoms with Crippen molar-refractivity contribution < 1.29 is 9.53 Å². The van der Waals surface area contributed by atoms with Crippen LogP contribution in [0.2, 0.25) is 0 Å². The van der Waals surface area contributed by atoms with E-state index in [4.69, 9.17) is 15.5 Å². The Bertz CT molecular complexity index is 1280. The second kappa shape index (κ2) is 8.15. The van der Waals surface area contributed by atoms with E-state index in [-0.39, 0.29) is 11.7 Å². The zero-order chi connectivity index (χ0) is 21.5. The van der Waals surface area contributed by atoms with Crippen molar-refractivity contribution in [1.82, 2.24) is 4.98 Å². The van der Waals surface area contributed by atoms with Crippen LogP contribution in [0.1, 0.15) is 40.5 Å². The van der Waals surface area contributed by atoms with Crippen LogP contribution in [0.5, 0.6) is 0 Å². The van der Waals surface area contributed by atoms with Crippen LogP contribution >= 0.6 is 34.4 Å². The summed E-state index contributed by atoms with van der Waals surface area (Å²) in [6.45, 7) is 2.08. The molecule has 5 nitrogen and oxygen atoms in total. The Morgan fingerprint density at radius 3 is 2.97 bits per heavy atom. The van der Waals surface area contributed by atoms with Crippen LogP contribution < -0.4 is 5.73 Å². The number of hydrogen-bond acceptors (Lipinski definition) is 8. The van der Waals surface area contributed by atoms with Crippen molar-refractivity contribution in [2.24, 2.45) is 5.73 Å². The van der Waals surface area contributed by atoms with Crippen molar-refractivity contribution in [1.29, 1.82) is 5.26 Å². The lowest BCUT2D eigenvalue weighted by molar-refractivity contribution is -0.116. The maximum Gasteiger partial charge on any atom is 0.205 e. The third-order valence-corrected chi connectivity index (χ3v) is 8.94. The first kappa shape index (κ1) is 20.3. The fourth-order valence-electron chi connectivity index (χ4n) is 4.02. The number of aromatic nitrogens is 1. The van der Waals surface area contributed by atoms with Crippen molar-refractivity contribution in [3.63, 3.8) is 0 Å². The number of nitrogens with zero attached hydrogens (tertiary/aromatic N) is 2. The predicted octanol–water partition coefficient (Wildman–Crippen LogP) is 5.77. The topological polar surface area (TPSA) is 89.0 Å². The van der Waals surface area contributed by atoms with Gasteiger partial charge in [-0.15, -0.1) is 22.7 Å². The Morgan fingerprint density at radius 1 is 1.32 bits per heavy atom. The molecule has 3 heterocycles. The summed E-state index contributed by atoms with van der Waals surface area (Å²) in [7, 11) is 0. The SMILES string of the molecule is Cc1sc([C@H]2C(C#N)=C(N)OC3=C2C(=O)CCC3)cc1CSc1nc2ccccc2s1. The highest BCUT2D eigenvalue weighted by molar-refractivity contribution is 8.00. The lowest BCUT2D eigenvalue weighted by atomic mass is 9.80. The zero-order valence-corrected chi connectivity index (χ0v) is 19.3. The van der Waals surface area contributed by atoms with Gasteiger partial charge in [0.1, 0.15) is 17.4 Å². The highest BCUT2D eigenvalue weighted by Crippen LogP contribution is 2.46.